The van der Waals surface area contributed by atoms with Crippen molar-refractivity contribution in [1.82, 2.24) is 9.80 Å². The quantitative estimate of drug-likeness (QED) is 0.747. The van der Waals surface area contributed by atoms with Crippen LogP contribution in [0.3, 0.4) is 0 Å². The number of likely N-dealkylation sites (tertiary alicyclic amines) is 1. The van der Waals surface area contributed by atoms with Gasteiger partial charge in [0.05, 0.1) is 13.7 Å². The Morgan fingerprint density at radius 2 is 1.83 bits per heavy atom. The molecule has 2 atom stereocenters. The molecule has 0 saturated carbocycles. The Kier molecular flexibility index (Phi) is 5.69. The summed E-state index contributed by atoms with van der Waals surface area (Å²) in [6.45, 7) is 3.48. The van der Waals surface area contributed by atoms with Crippen molar-refractivity contribution in [2.75, 3.05) is 26.8 Å². The van der Waals surface area contributed by atoms with E-state index in [1.807, 2.05) is 11.8 Å². The lowest BCUT2D eigenvalue weighted by atomic mass is 9.84. The van der Waals surface area contributed by atoms with Crippen LogP contribution in [-0.4, -0.2) is 60.8 Å². The monoisotopic (exact) mass is 408 g/mol. The lowest BCUT2D eigenvalue weighted by Gasteiger charge is -2.46. The maximum atomic E-state index is 15.7. The number of nitrogens with zero attached hydrogens (tertiary/aromatic N) is 2. The fourth-order valence-corrected chi connectivity index (χ4v) is 5.49. The smallest absolute Gasteiger partial charge is 0.410 e. The third kappa shape index (κ3) is 3.81. The van der Waals surface area contributed by atoms with Gasteiger partial charge in [-0.1, -0.05) is 0 Å². The van der Waals surface area contributed by atoms with E-state index >= 15 is 4.39 Å². The SMILES string of the molecule is CCOC(=O)N1C2CCC1CC(N1CCC(F)(c3cc(F)ccc3OC)CC1)C2. The lowest BCUT2D eigenvalue weighted by molar-refractivity contribution is 0.000613. The van der Waals surface area contributed by atoms with Gasteiger partial charge in [-0.3, -0.25) is 4.90 Å². The minimum absolute atomic E-state index is 0.196. The van der Waals surface area contributed by atoms with E-state index in [4.69, 9.17) is 9.47 Å². The number of halogens is 2. The van der Waals surface area contributed by atoms with Crippen LogP contribution < -0.4 is 4.74 Å². The van der Waals surface area contributed by atoms with Gasteiger partial charge in [0.25, 0.3) is 0 Å². The van der Waals surface area contributed by atoms with Gasteiger partial charge in [-0.15, -0.1) is 0 Å². The van der Waals surface area contributed by atoms with Crippen molar-refractivity contribution < 1.29 is 23.0 Å². The molecule has 2 unspecified atom stereocenters. The van der Waals surface area contributed by atoms with Crippen LogP contribution in [0.2, 0.25) is 0 Å². The Morgan fingerprint density at radius 3 is 2.41 bits per heavy atom. The molecule has 0 N–H and O–H groups in total. The first-order chi connectivity index (χ1) is 13.9. The molecule has 160 valence electrons. The van der Waals surface area contributed by atoms with Gasteiger partial charge in [-0.05, 0) is 63.6 Å². The average Bonchev–Trinajstić information content (AvgIpc) is 2.98. The number of piperidine rings is 2. The first-order valence-corrected chi connectivity index (χ1v) is 10.7. The van der Waals surface area contributed by atoms with Crippen LogP contribution in [0.4, 0.5) is 13.6 Å². The van der Waals surface area contributed by atoms with E-state index in [-0.39, 0.29) is 18.2 Å². The summed E-state index contributed by atoms with van der Waals surface area (Å²) in [7, 11) is 1.49. The third-order valence-corrected chi connectivity index (χ3v) is 6.94. The summed E-state index contributed by atoms with van der Waals surface area (Å²) < 4.78 is 40.0. The van der Waals surface area contributed by atoms with Gasteiger partial charge in [0.15, 0.2) is 0 Å². The topological polar surface area (TPSA) is 42.0 Å². The molecule has 29 heavy (non-hydrogen) atoms. The molecule has 0 radical (unpaired) electrons. The van der Waals surface area contributed by atoms with Gasteiger partial charge in [-0.25, -0.2) is 13.6 Å². The minimum atomic E-state index is -1.57. The van der Waals surface area contributed by atoms with Gasteiger partial charge >= 0.3 is 6.09 Å². The Bertz CT molecular complexity index is 738. The molecule has 0 aliphatic carbocycles. The molecule has 4 rings (SSSR count). The zero-order valence-corrected chi connectivity index (χ0v) is 17.2. The molecule has 2 bridgehead atoms. The van der Waals surface area contributed by atoms with Gasteiger partial charge in [-0.2, -0.15) is 0 Å². The molecule has 0 spiro atoms. The van der Waals surface area contributed by atoms with E-state index in [0.29, 0.717) is 49.9 Å². The molecule has 0 aromatic heterocycles. The second-order valence-corrected chi connectivity index (χ2v) is 8.46. The number of hydrogen-bond acceptors (Lipinski definition) is 4. The Balaban J connectivity index is 1.41. The number of benzene rings is 1. The molecule has 3 fully saturated rings. The second-order valence-electron chi connectivity index (χ2n) is 8.46. The normalized spacial score (nSPS) is 29.0. The summed E-state index contributed by atoms with van der Waals surface area (Å²) in [6.07, 6.45) is 4.30. The first-order valence-electron chi connectivity index (χ1n) is 10.7. The van der Waals surface area contributed by atoms with E-state index in [1.165, 1.54) is 25.3 Å². The highest BCUT2D eigenvalue weighted by Gasteiger charge is 2.47. The van der Waals surface area contributed by atoms with Crippen molar-refractivity contribution in [3.8, 4) is 5.75 Å². The molecule has 1 aromatic carbocycles. The van der Waals surface area contributed by atoms with E-state index in [9.17, 15) is 9.18 Å². The summed E-state index contributed by atoms with van der Waals surface area (Å²) in [4.78, 5) is 16.6. The van der Waals surface area contributed by atoms with E-state index in [0.717, 1.165) is 25.7 Å². The molecule has 1 aromatic rings. The summed E-state index contributed by atoms with van der Waals surface area (Å²) in [5.41, 5.74) is -1.26. The summed E-state index contributed by atoms with van der Waals surface area (Å²) in [6, 6.07) is 4.87. The number of methoxy groups -OCH3 is 1. The van der Waals surface area contributed by atoms with E-state index < -0.39 is 11.5 Å². The van der Waals surface area contributed by atoms with Gasteiger partial charge in [0.1, 0.15) is 17.2 Å². The first kappa shape index (κ1) is 20.4. The largest absolute Gasteiger partial charge is 0.496 e. The standard InChI is InChI=1S/C22H30F2N2O3/c1-3-29-21(27)26-16-5-6-17(26)14-18(13-16)25-10-8-22(24,9-11-25)19-12-15(23)4-7-20(19)28-2/h4,7,12,16-18H,3,5-6,8-11,13-14H2,1-2H3. The van der Waals surface area contributed by atoms with Gasteiger partial charge in [0, 0.05) is 36.8 Å². The van der Waals surface area contributed by atoms with Crippen LogP contribution in [-0.2, 0) is 10.4 Å². The number of hydrogen-bond donors (Lipinski definition) is 0. The van der Waals surface area contributed by atoms with Crippen LogP contribution in [0.15, 0.2) is 18.2 Å². The summed E-state index contributed by atoms with van der Waals surface area (Å²) in [5, 5.41) is 0. The van der Waals surface area contributed by atoms with Crippen molar-refractivity contribution in [1.29, 1.82) is 0 Å². The minimum Gasteiger partial charge on any atom is -0.496 e. The van der Waals surface area contributed by atoms with Crippen molar-refractivity contribution in [3.05, 3.63) is 29.6 Å². The number of ether oxygens (including phenoxy) is 2. The lowest BCUT2D eigenvalue weighted by Crippen LogP contribution is -2.54. The molecular formula is C22H30F2N2O3. The van der Waals surface area contributed by atoms with E-state index in [1.54, 1.807) is 0 Å². The number of amides is 1. The van der Waals surface area contributed by atoms with Crippen molar-refractivity contribution >= 4 is 6.09 Å². The molecular weight excluding hydrogens is 378 g/mol. The number of rotatable bonds is 4. The number of fused-ring (bicyclic) bond motifs is 2. The molecule has 3 saturated heterocycles. The summed E-state index contributed by atoms with van der Waals surface area (Å²) >= 11 is 0. The van der Waals surface area contributed by atoms with Crippen LogP contribution >= 0.6 is 0 Å². The van der Waals surface area contributed by atoms with Crippen LogP contribution in [0, 0.1) is 5.82 Å². The molecule has 7 heteroatoms. The van der Waals surface area contributed by atoms with Crippen molar-refractivity contribution in [2.45, 2.75) is 69.2 Å². The third-order valence-electron chi connectivity index (χ3n) is 6.94. The van der Waals surface area contributed by atoms with Crippen LogP contribution in [0.5, 0.6) is 5.75 Å². The maximum Gasteiger partial charge on any atom is 0.410 e. The number of alkyl halides is 1. The number of carbonyl (C=O) groups is 1. The molecule has 3 heterocycles. The predicted molar refractivity (Wildman–Crippen MR) is 105 cm³/mol. The Hall–Kier alpha value is -1.89. The second kappa shape index (κ2) is 8.09. The van der Waals surface area contributed by atoms with Gasteiger partial charge < -0.3 is 14.4 Å². The molecule has 3 aliphatic heterocycles. The van der Waals surface area contributed by atoms with Crippen molar-refractivity contribution in [2.24, 2.45) is 0 Å². The highest BCUT2D eigenvalue weighted by atomic mass is 19.1. The number of carbonyl (C=O) groups excluding carboxylic acids is 1. The van der Waals surface area contributed by atoms with Crippen LogP contribution in [0.25, 0.3) is 0 Å². The zero-order chi connectivity index (χ0) is 20.6. The Labute approximate surface area is 170 Å². The average molecular weight is 408 g/mol. The van der Waals surface area contributed by atoms with E-state index in [2.05, 4.69) is 4.90 Å². The van der Waals surface area contributed by atoms with Gasteiger partial charge in [0.2, 0.25) is 0 Å². The summed E-state index contributed by atoms with van der Waals surface area (Å²) in [5.74, 6) is -0.0358. The van der Waals surface area contributed by atoms with Crippen molar-refractivity contribution in [3.63, 3.8) is 0 Å². The fraction of sp³-hybridized carbons (Fsp3) is 0.682. The highest BCUT2D eigenvalue weighted by Crippen LogP contribution is 2.44. The fourth-order valence-electron chi connectivity index (χ4n) is 5.49. The molecule has 5 nitrogen and oxygen atoms in total. The highest BCUT2D eigenvalue weighted by molar-refractivity contribution is 5.69. The molecule has 3 aliphatic rings. The van der Waals surface area contributed by atoms with Crippen LogP contribution in [0.1, 0.15) is 51.0 Å². The Morgan fingerprint density at radius 1 is 1.17 bits per heavy atom. The maximum absolute atomic E-state index is 15.7. The molecule has 1 amide bonds. The zero-order valence-electron chi connectivity index (χ0n) is 17.2. The predicted octanol–water partition coefficient (Wildman–Crippen LogP) is 4.25.